The van der Waals surface area contributed by atoms with Gasteiger partial charge in [0, 0.05) is 5.75 Å². The lowest BCUT2D eigenvalue weighted by Gasteiger charge is -2.04. The van der Waals surface area contributed by atoms with E-state index in [0.717, 1.165) is 21.5 Å². The van der Waals surface area contributed by atoms with Crippen LogP contribution in [0.3, 0.4) is 0 Å². The van der Waals surface area contributed by atoms with E-state index >= 15 is 0 Å². The molecule has 0 aliphatic carbocycles. The summed E-state index contributed by atoms with van der Waals surface area (Å²) in [6, 6.07) is 11.2. The SMILES string of the molecule is CCOc1ccc2nc(NC(=O)CSCc3ccc(Cl)c(Cl)c3)sc2c1. The quantitative estimate of drug-likeness (QED) is 0.512. The van der Waals surface area contributed by atoms with E-state index in [9.17, 15) is 4.79 Å². The van der Waals surface area contributed by atoms with Crippen molar-refractivity contribution in [1.82, 2.24) is 4.98 Å². The Hall–Kier alpha value is -1.47. The summed E-state index contributed by atoms with van der Waals surface area (Å²) in [5.41, 5.74) is 1.87. The van der Waals surface area contributed by atoms with Crippen molar-refractivity contribution in [3.8, 4) is 5.75 Å². The van der Waals surface area contributed by atoms with Crippen molar-refractivity contribution in [3.63, 3.8) is 0 Å². The fourth-order valence-electron chi connectivity index (χ4n) is 2.26. The molecule has 26 heavy (non-hydrogen) atoms. The third kappa shape index (κ3) is 5.04. The maximum Gasteiger partial charge on any atom is 0.236 e. The molecule has 2 aromatic carbocycles. The van der Waals surface area contributed by atoms with Gasteiger partial charge in [0.2, 0.25) is 5.91 Å². The second kappa shape index (κ2) is 8.95. The number of carbonyl (C=O) groups excluding carboxylic acids is 1. The van der Waals surface area contributed by atoms with E-state index in [-0.39, 0.29) is 5.91 Å². The zero-order valence-corrected chi connectivity index (χ0v) is 17.1. The number of thiazole rings is 1. The highest BCUT2D eigenvalue weighted by atomic mass is 35.5. The summed E-state index contributed by atoms with van der Waals surface area (Å²) < 4.78 is 6.47. The molecule has 1 amide bonds. The van der Waals surface area contributed by atoms with Crippen molar-refractivity contribution in [1.29, 1.82) is 0 Å². The fraction of sp³-hybridized carbons (Fsp3) is 0.222. The predicted octanol–water partition coefficient (Wildman–Crippen LogP) is 5.87. The van der Waals surface area contributed by atoms with E-state index in [4.69, 9.17) is 27.9 Å². The number of thioether (sulfide) groups is 1. The van der Waals surface area contributed by atoms with Crippen LogP contribution in [-0.4, -0.2) is 23.3 Å². The Morgan fingerprint density at radius 3 is 2.85 bits per heavy atom. The van der Waals surface area contributed by atoms with Crippen molar-refractivity contribution in [2.24, 2.45) is 0 Å². The van der Waals surface area contributed by atoms with Gasteiger partial charge in [-0.1, -0.05) is 40.6 Å². The van der Waals surface area contributed by atoms with Crippen LogP contribution in [0.25, 0.3) is 10.2 Å². The van der Waals surface area contributed by atoms with Crippen molar-refractivity contribution >= 4 is 67.6 Å². The molecule has 0 aliphatic heterocycles. The van der Waals surface area contributed by atoms with Gasteiger partial charge in [-0.2, -0.15) is 0 Å². The summed E-state index contributed by atoms with van der Waals surface area (Å²) in [7, 11) is 0. The number of fused-ring (bicyclic) bond motifs is 1. The number of anilines is 1. The first-order valence-electron chi connectivity index (χ1n) is 7.90. The lowest BCUT2D eigenvalue weighted by atomic mass is 10.2. The number of hydrogen-bond acceptors (Lipinski definition) is 5. The summed E-state index contributed by atoms with van der Waals surface area (Å²) in [5, 5.41) is 4.49. The second-order valence-corrected chi connectivity index (χ2v) is 8.20. The van der Waals surface area contributed by atoms with Crippen LogP contribution in [0.5, 0.6) is 5.75 Å². The molecule has 1 N–H and O–H groups in total. The molecule has 0 aliphatic rings. The van der Waals surface area contributed by atoms with Crippen molar-refractivity contribution in [2.75, 3.05) is 17.7 Å². The number of aromatic nitrogens is 1. The van der Waals surface area contributed by atoms with Gasteiger partial charge in [0.1, 0.15) is 5.75 Å². The minimum atomic E-state index is -0.0841. The van der Waals surface area contributed by atoms with Gasteiger partial charge >= 0.3 is 0 Å². The molecule has 4 nitrogen and oxygen atoms in total. The highest BCUT2D eigenvalue weighted by molar-refractivity contribution is 7.99. The first-order valence-corrected chi connectivity index (χ1v) is 10.6. The van der Waals surface area contributed by atoms with Gasteiger partial charge in [-0.25, -0.2) is 4.98 Å². The molecule has 1 aromatic heterocycles. The molecule has 0 atom stereocenters. The zero-order chi connectivity index (χ0) is 18.5. The third-order valence-electron chi connectivity index (χ3n) is 3.40. The second-order valence-electron chi connectivity index (χ2n) is 5.37. The number of hydrogen-bond donors (Lipinski definition) is 1. The lowest BCUT2D eigenvalue weighted by molar-refractivity contribution is -0.113. The summed E-state index contributed by atoms with van der Waals surface area (Å²) in [6.07, 6.45) is 0. The first-order chi connectivity index (χ1) is 12.5. The standard InChI is InChI=1S/C18H16Cl2N2O2S2/c1-2-24-12-4-6-15-16(8-12)26-18(21-15)22-17(23)10-25-9-11-3-5-13(19)14(20)7-11/h3-8H,2,9-10H2,1H3,(H,21,22,23). The minimum Gasteiger partial charge on any atom is -0.494 e. The molecule has 136 valence electrons. The Balaban J connectivity index is 1.54. The van der Waals surface area contributed by atoms with Crippen LogP contribution < -0.4 is 10.1 Å². The number of nitrogens with one attached hydrogen (secondary N) is 1. The Bertz CT molecular complexity index is 931. The maximum atomic E-state index is 12.1. The number of ether oxygens (including phenoxy) is 1. The Morgan fingerprint density at radius 2 is 2.08 bits per heavy atom. The number of nitrogens with zero attached hydrogens (tertiary/aromatic N) is 1. The molecule has 0 bridgehead atoms. The predicted molar refractivity (Wildman–Crippen MR) is 112 cm³/mol. The number of halogens is 2. The van der Waals surface area contributed by atoms with Gasteiger partial charge in [-0.15, -0.1) is 11.8 Å². The fourth-order valence-corrected chi connectivity index (χ4v) is 4.27. The Labute approximate surface area is 169 Å². The highest BCUT2D eigenvalue weighted by Gasteiger charge is 2.09. The lowest BCUT2D eigenvalue weighted by Crippen LogP contribution is -2.13. The molecule has 0 fully saturated rings. The van der Waals surface area contributed by atoms with Gasteiger partial charge in [0.25, 0.3) is 0 Å². The van der Waals surface area contributed by atoms with E-state index in [1.165, 1.54) is 23.1 Å². The molecule has 0 saturated carbocycles. The van der Waals surface area contributed by atoms with Gasteiger partial charge in [-0.05, 0) is 42.8 Å². The molecule has 3 rings (SSSR count). The van der Waals surface area contributed by atoms with Gasteiger partial charge < -0.3 is 10.1 Å². The van der Waals surface area contributed by atoms with Crippen molar-refractivity contribution in [2.45, 2.75) is 12.7 Å². The molecule has 0 radical (unpaired) electrons. The molecule has 8 heteroatoms. The van der Waals surface area contributed by atoms with Crippen LogP contribution in [-0.2, 0) is 10.5 Å². The first kappa shape index (κ1) is 19.3. The summed E-state index contributed by atoms with van der Waals surface area (Å²) in [4.78, 5) is 16.6. The molecular weight excluding hydrogens is 411 g/mol. The molecule has 3 aromatic rings. The van der Waals surface area contributed by atoms with Crippen LogP contribution in [0.1, 0.15) is 12.5 Å². The highest BCUT2D eigenvalue weighted by Crippen LogP contribution is 2.29. The Kier molecular flexibility index (Phi) is 6.64. The third-order valence-corrected chi connectivity index (χ3v) is 6.08. The maximum absolute atomic E-state index is 12.1. The van der Waals surface area contributed by atoms with Crippen molar-refractivity contribution < 1.29 is 9.53 Å². The number of benzene rings is 2. The van der Waals surface area contributed by atoms with E-state index in [0.29, 0.717) is 33.3 Å². The van der Waals surface area contributed by atoms with Gasteiger partial charge in [0.05, 0.1) is 32.6 Å². The molecule has 0 spiro atoms. The average Bonchev–Trinajstić information content (AvgIpc) is 2.99. The number of rotatable bonds is 7. The van der Waals surface area contributed by atoms with E-state index < -0.39 is 0 Å². The summed E-state index contributed by atoms with van der Waals surface area (Å²) >= 11 is 14.8. The average molecular weight is 427 g/mol. The molecule has 0 unspecified atom stereocenters. The van der Waals surface area contributed by atoms with Gasteiger partial charge in [-0.3, -0.25) is 4.79 Å². The zero-order valence-electron chi connectivity index (χ0n) is 13.9. The largest absolute Gasteiger partial charge is 0.494 e. The van der Waals surface area contributed by atoms with Crippen LogP contribution in [0.15, 0.2) is 36.4 Å². The molecule has 1 heterocycles. The molecule has 0 saturated heterocycles. The van der Waals surface area contributed by atoms with Crippen LogP contribution in [0, 0.1) is 0 Å². The smallest absolute Gasteiger partial charge is 0.236 e. The minimum absolute atomic E-state index is 0.0841. The van der Waals surface area contributed by atoms with Gasteiger partial charge in [0.15, 0.2) is 5.13 Å². The monoisotopic (exact) mass is 426 g/mol. The Morgan fingerprint density at radius 1 is 1.23 bits per heavy atom. The normalized spacial score (nSPS) is 10.9. The number of carbonyl (C=O) groups is 1. The van der Waals surface area contributed by atoms with Crippen molar-refractivity contribution in [3.05, 3.63) is 52.0 Å². The topological polar surface area (TPSA) is 51.2 Å². The van der Waals surface area contributed by atoms with Crippen LogP contribution in [0.4, 0.5) is 5.13 Å². The van der Waals surface area contributed by atoms with Crippen LogP contribution in [0.2, 0.25) is 10.0 Å². The van der Waals surface area contributed by atoms with E-state index in [2.05, 4.69) is 10.3 Å². The summed E-state index contributed by atoms with van der Waals surface area (Å²) in [5.74, 6) is 1.74. The van der Waals surface area contributed by atoms with E-state index in [1.54, 1.807) is 6.07 Å². The number of amides is 1. The summed E-state index contributed by atoms with van der Waals surface area (Å²) in [6.45, 7) is 2.56. The van der Waals surface area contributed by atoms with E-state index in [1.807, 2.05) is 37.3 Å². The van der Waals surface area contributed by atoms with Crippen LogP contribution >= 0.6 is 46.3 Å². The molecular formula is C18H16Cl2N2O2S2.